The van der Waals surface area contributed by atoms with Gasteiger partial charge in [-0.3, -0.25) is 5.32 Å². The van der Waals surface area contributed by atoms with Crippen LogP contribution in [0.5, 0.6) is 5.75 Å². The van der Waals surface area contributed by atoms with Crippen molar-refractivity contribution in [2.24, 2.45) is 0 Å². The molecule has 0 heterocycles. The highest BCUT2D eigenvalue weighted by Gasteiger charge is 2.17. The van der Waals surface area contributed by atoms with Gasteiger partial charge in [-0.2, -0.15) is 0 Å². The molecule has 0 spiro atoms. The molecule has 0 aliphatic carbocycles. The summed E-state index contributed by atoms with van der Waals surface area (Å²) in [6.45, 7) is 5.28. The summed E-state index contributed by atoms with van der Waals surface area (Å²) in [6, 6.07) is 4.91. The van der Waals surface area contributed by atoms with Gasteiger partial charge in [-0.1, -0.05) is 6.07 Å². The molecule has 6 heteroatoms. The normalized spacial score (nSPS) is 11.2. The van der Waals surface area contributed by atoms with Gasteiger partial charge in [-0.15, -0.1) is 0 Å². The maximum atomic E-state index is 11.8. The Hall–Kier alpha value is -2.50. The van der Waals surface area contributed by atoms with Crippen molar-refractivity contribution in [2.45, 2.75) is 26.4 Å². The largest absolute Gasteiger partial charge is 0.495 e. The molecule has 0 fully saturated rings. The van der Waals surface area contributed by atoms with E-state index in [2.05, 4.69) is 5.32 Å². The van der Waals surface area contributed by atoms with Crippen LogP contribution in [0.25, 0.3) is 6.08 Å². The second-order valence-corrected chi connectivity index (χ2v) is 5.26. The Bertz CT molecular complexity index is 558. The lowest BCUT2D eigenvalue weighted by atomic mass is 10.1. The SMILES string of the molecule is COc1ccc(C=CC(=O)O)cc1NC(=O)OC(C)(C)C. The minimum Gasteiger partial charge on any atom is -0.495 e. The Kier molecular flexibility index (Phi) is 5.35. The zero-order valence-electron chi connectivity index (χ0n) is 12.5. The molecule has 1 aromatic rings. The van der Waals surface area contributed by atoms with Crippen molar-refractivity contribution in [1.82, 2.24) is 0 Å². The van der Waals surface area contributed by atoms with Crippen molar-refractivity contribution >= 4 is 23.8 Å². The highest BCUT2D eigenvalue weighted by Crippen LogP contribution is 2.26. The monoisotopic (exact) mass is 293 g/mol. The third-order valence-electron chi connectivity index (χ3n) is 2.28. The standard InChI is InChI=1S/C15H19NO5/c1-15(2,3)21-14(19)16-11-9-10(6-8-13(17)18)5-7-12(11)20-4/h5-9H,1-4H3,(H,16,19)(H,17,18). The number of rotatable bonds is 4. The minimum atomic E-state index is -1.05. The molecular weight excluding hydrogens is 274 g/mol. The lowest BCUT2D eigenvalue weighted by Gasteiger charge is -2.20. The van der Waals surface area contributed by atoms with Crippen molar-refractivity contribution < 1.29 is 24.2 Å². The maximum Gasteiger partial charge on any atom is 0.412 e. The molecule has 0 atom stereocenters. The Labute approximate surface area is 123 Å². The third-order valence-corrected chi connectivity index (χ3v) is 2.28. The molecule has 0 aliphatic rings. The predicted octanol–water partition coefficient (Wildman–Crippen LogP) is 3.14. The summed E-state index contributed by atoms with van der Waals surface area (Å²) in [6.07, 6.45) is 1.82. The molecule has 0 aromatic heterocycles. The van der Waals surface area contributed by atoms with Gasteiger partial charge < -0.3 is 14.6 Å². The highest BCUT2D eigenvalue weighted by atomic mass is 16.6. The van der Waals surface area contributed by atoms with Crippen LogP contribution in [-0.4, -0.2) is 29.9 Å². The van der Waals surface area contributed by atoms with E-state index in [-0.39, 0.29) is 0 Å². The van der Waals surface area contributed by atoms with Gasteiger partial charge in [0.25, 0.3) is 0 Å². The van der Waals surface area contributed by atoms with Crippen LogP contribution in [0, 0.1) is 0 Å². The number of hydrogen-bond donors (Lipinski definition) is 2. The van der Waals surface area contributed by atoms with Gasteiger partial charge in [0.1, 0.15) is 11.4 Å². The Morgan fingerprint density at radius 2 is 1.95 bits per heavy atom. The van der Waals surface area contributed by atoms with E-state index in [1.165, 1.54) is 13.2 Å². The Morgan fingerprint density at radius 3 is 2.48 bits per heavy atom. The minimum absolute atomic E-state index is 0.402. The van der Waals surface area contributed by atoms with Gasteiger partial charge in [-0.05, 0) is 44.5 Å². The van der Waals surface area contributed by atoms with Crippen LogP contribution in [0.4, 0.5) is 10.5 Å². The number of hydrogen-bond acceptors (Lipinski definition) is 4. The van der Waals surface area contributed by atoms with E-state index in [0.29, 0.717) is 17.0 Å². The summed E-state index contributed by atoms with van der Waals surface area (Å²) < 4.78 is 10.3. The number of carboxylic acid groups (broad SMARTS) is 1. The lowest BCUT2D eigenvalue weighted by Crippen LogP contribution is -2.27. The number of carbonyl (C=O) groups is 2. The summed E-state index contributed by atoms with van der Waals surface area (Å²) in [5.74, 6) is -0.596. The fourth-order valence-corrected chi connectivity index (χ4v) is 1.51. The van der Waals surface area contributed by atoms with Gasteiger partial charge in [0.05, 0.1) is 12.8 Å². The first kappa shape index (κ1) is 16.6. The molecule has 114 valence electrons. The fourth-order valence-electron chi connectivity index (χ4n) is 1.51. The van der Waals surface area contributed by atoms with E-state index in [4.69, 9.17) is 14.6 Å². The van der Waals surface area contributed by atoms with Crippen LogP contribution < -0.4 is 10.1 Å². The third kappa shape index (κ3) is 5.99. The average Bonchev–Trinajstić information content (AvgIpc) is 2.34. The first-order valence-electron chi connectivity index (χ1n) is 6.30. The van der Waals surface area contributed by atoms with Gasteiger partial charge in [-0.25, -0.2) is 9.59 Å². The first-order chi connectivity index (χ1) is 9.71. The van der Waals surface area contributed by atoms with E-state index >= 15 is 0 Å². The average molecular weight is 293 g/mol. The highest BCUT2D eigenvalue weighted by molar-refractivity contribution is 5.89. The number of anilines is 1. The number of carboxylic acids is 1. The number of benzene rings is 1. The van der Waals surface area contributed by atoms with Crippen LogP contribution in [0.2, 0.25) is 0 Å². The second kappa shape index (κ2) is 6.78. The van der Waals surface area contributed by atoms with Crippen molar-refractivity contribution in [3.8, 4) is 5.75 Å². The number of aliphatic carboxylic acids is 1. The van der Waals surface area contributed by atoms with Crippen molar-refractivity contribution in [1.29, 1.82) is 0 Å². The van der Waals surface area contributed by atoms with Crippen LogP contribution in [0.15, 0.2) is 24.3 Å². The molecule has 21 heavy (non-hydrogen) atoms. The van der Waals surface area contributed by atoms with E-state index in [1.54, 1.807) is 39.0 Å². The number of nitrogens with one attached hydrogen (secondary N) is 1. The van der Waals surface area contributed by atoms with Gasteiger partial charge in [0.15, 0.2) is 0 Å². The van der Waals surface area contributed by atoms with Gasteiger partial charge in [0, 0.05) is 6.08 Å². The summed E-state index contributed by atoms with van der Waals surface area (Å²) in [5.41, 5.74) is 0.404. The van der Waals surface area contributed by atoms with Crippen molar-refractivity contribution in [3.63, 3.8) is 0 Å². The summed E-state index contributed by atoms with van der Waals surface area (Å²) in [4.78, 5) is 22.3. The number of carbonyl (C=O) groups excluding carboxylic acids is 1. The molecule has 6 nitrogen and oxygen atoms in total. The summed E-state index contributed by atoms with van der Waals surface area (Å²) in [5, 5.41) is 11.2. The fraction of sp³-hybridized carbons (Fsp3) is 0.333. The molecule has 0 aliphatic heterocycles. The predicted molar refractivity (Wildman–Crippen MR) is 79.5 cm³/mol. The van der Waals surface area contributed by atoms with Crippen LogP contribution in [0.3, 0.4) is 0 Å². The smallest absolute Gasteiger partial charge is 0.412 e. The number of ether oxygens (including phenoxy) is 2. The molecule has 0 unspecified atom stereocenters. The Morgan fingerprint density at radius 1 is 1.29 bits per heavy atom. The van der Waals surface area contributed by atoms with Crippen LogP contribution in [0.1, 0.15) is 26.3 Å². The molecule has 0 saturated carbocycles. The zero-order valence-corrected chi connectivity index (χ0v) is 12.5. The maximum absolute atomic E-state index is 11.8. The lowest BCUT2D eigenvalue weighted by molar-refractivity contribution is -0.131. The van der Waals surface area contributed by atoms with E-state index in [9.17, 15) is 9.59 Å². The summed E-state index contributed by atoms with van der Waals surface area (Å²) in [7, 11) is 1.47. The van der Waals surface area contributed by atoms with E-state index < -0.39 is 17.7 Å². The number of amides is 1. The summed E-state index contributed by atoms with van der Waals surface area (Å²) >= 11 is 0. The quantitative estimate of drug-likeness (QED) is 0.833. The van der Waals surface area contributed by atoms with Crippen LogP contribution in [-0.2, 0) is 9.53 Å². The molecule has 1 amide bonds. The molecule has 1 aromatic carbocycles. The molecule has 0 saturated heterocycles. The van der Waals surface area contributed by atoms with Gasteiger partial charge in [0.2, 0.25) is 0 Å². The molecule has 0 bridgehead atoms. The molecule has 1 rings (SSSR count). The first-order valence-corrected chi connectivity index (χ1v) is 6.30. The second-order valence-electron chi connectivity index (χ2n) is 5.26. The van der Waals surface area contributed by atoms with E-state index in [1.807, 2.05) is 0 Å². The topological polar surface area (TPSA) is 84.9 Å². The molecule has 2 N–H and O–H groups in total. The van der Waals surface area contributed by atoms with E-state index in [0.717, 1.165) is 6.08 Å². The van der Waals surface area contributed by atoms with Gasteiger partial charge >= 0.3 is 12.1 Å². The Balaban J connectivity index is 2.95. The number of methoxy groups -OCH3 is 1. The molecule has 0 radical (unpaired) electrons. The van der Waals surface area contributed by atoms with Crippen molar-refractivity contribution in [3.05, 3.63) is 29.8 Å². The zero-order chi connectivity index (χ0) is 16.0. The van der Waals surface area contributed by atoms with Crippen molar-refractivity contribution in [2.75, 3.05) is 12.4 Å². The molecular formula is C15H19NO5. The van der Waals surface area contributed by atoms with Crippen LogP contribution >= 0.6 is 0 Å².